The van der Waals surface area contributed by atoms with Gasteiger partial charge in [0, 0.05) is 39.1 Å². The van der Waals surface area contributed by atoms with Gasteiger partial charge in [-0.3, -0.25) is 4.79 Å². The molecule has 1 fully saturated rings. The Hall–Kier alpha value is -0.610. The number of hydrogen-bond donors (Lipinski definition) is 0. The van der Waals surface area contributed by atoms with E-state index in [2.05, 4.69) is 30.9 Å². The van der Waals surface area contributed by atoms with Gasteiger partial charge in [-0.1, -0.05) is 0 Å². The third-order valence-corrected chi connectivity index (χ3v) is 3.13. The topological polar surface area (TPSA) is 26.8 Å². The molecule has 1 saturated heterocycles. The summed E-state index contributed by atoms with van der Waals surface area (Å²) >= 11 is 0. The highest BCUT2D eigenvalue weighted by atomic mass is 16.2. The zero-order valence-electron chi connectivity index (χ0n) is 10.4. The summed E-state index contributed by atoms with van der Waals surface area (Å²) in [5.74, 6) is 0.207. The Labute approximate surface area is 92.8 Å². The summed E-state index contributed by atoms with van der Waals surface area (Å²) < 4.78 is 0. The largest absolute Gasteiger partial charge is 0.341 e. The van der Waals surface area contributed by atoms with Gasteiger partial charge in [-0.15, -0.1) is 0 Å². The summed E-state index contributed by atoms with van der Waals surface area (Å²) in [5.41, 5.74) is 0. The Morgan fingerprint density at radius 3 is 2.47 bits per heavy atom. The van der Waals surface area contributed by atoms with Gasteiger partial charge < -0.3 is 14.7 Å². The van der Waals surface area contributed by atoms with Crippen LogP contribution in [0.15, 0.2) is 0 Å². The number of carbonyl (C=O) groups excluding carboxylic acids is 1. The highest BCUT2D eigenvalue weighted by molar-refractivity contribution is 5.73. The summed E-state index contributed by atoms with van der Waals surface area (Å²) in [6, 6.07) is 0.550. The Kier molecular flexibility index (Phi) is 4.54. The van der Waals surface area contributed by atoms with Crippen LogP contribution in [0.3, 0.4) is 0 Å². The van der Waals surface area contributed by atoms with Crippen LogP contribution in [0, 0.1) is 0 Å². The molecular weight excluding hydrogens is 190 g/mol. The van der Waals surface area contributed by atoms with E-state index in [1.807, 2.05) is 4.90 Å². The molecule has 1 rings (SSSR count). The Morgan fingerprint density at radius 2 is 2.00 bits per heavy atom. The Balaban J connectivity index is 2.30. The van der Waals surface area contributed by atoms with Crippen LogP contribution in [0.1, 0.15) is 13.3 Å². The molecule has 1 aliphatic heterocycles. The number of likely N-dealkylation sites (N-methyl/N-ethyl adjacent to an activating group) is 2. The maximum absolute atomic E-state index is 11.2. The molecule has 4 heteroatoms. The van der Waals surface area contributed by atoms with Crippen molar-refractivity contribution in [3.63, 3.8) is 0 Å². The standard InChI is InChI=1S/C11H23N3O/c1-10(15)14-6-5-11(9-14)13(4)8-7-12(2)3/h11H,5-9H2,1-4H3/t11-/m0/s1. The molecule has 88 valence electrons. The Morgan fingerprint density at radius 1 is 1.33 bits per heavy atom. The van der Waals surface area contributed by atoms with E-state index in [4.69, 9.17) is 0 Å². The summed E-state index contributed by atoms with van der Waals surface area (Å²) in [7, 11) is 6.33. The number of amides is 1. The SMILES string of the molecule is CC(=O)N1CC[C@H](N(C)CCN(C)C)C1. The lowest BCUT2D eigenvalue weighted by molar-refractivity contribution is -0.127. The fourth-order valence-electron chi connectivity index (χ4n) is 1.93. The van der Waals surface area contributed by atoms with Crippen molar-refractivity contribution in [2.75, 3.05) is 47.3 Å². The predicted octanol–water partition coefficient (Wildman–Crippen LogP) is 0.101. The summed E-state index contributed by atoms with van der Waals surface area (Å²) in [5, 5.41) is 0. The van der Waals surface area contributed by atoms with Crippen LogP contribution >= 0.6 is 0 Å². The number of nitrogens with zero attached hydrogens (tertiary/aromatic N) is 3. The van der Waals surface area contributed by atoms with Crippen molar-refractivity contribution in [2.45, 2.75) is 19.4 Å². The van der Waals surface area contributed by atoms with Gasteiger partial charge in [-0.25, -0.2) is 0 Å². The number of carbonyl (C=O) groups is 1. The number of hydrogen-bond acceptors (Lipinski definition) is 3. The lowest BCUT2D eigenvalue weighted by atomic mass is 10.2. The maximum atomic E-state index is 11.2. The van der Waals surface area contributed by atoms with Crippen molar-refractivity contribution in [3.8, 4) is 0 Å². The summed E-state index contributed by atoms with van der Waals surface area (Å²) in [6.07, 6.45) is 1.11. The highest BCUT2D eigenvalue weighted by Crippen LogP contribution is 2.13. The first-order chi connectivity index (χ1) is 7.00. The van der Waals surface area contributed by atoms with E-state index < -0.39 is 0 Å². The molecule has 0 aromatic heterocycles. The van der Waals surface area contributed by atoms with Crippen LogP contribution in [0.2, 0.25) is 0 Å². The fraction of sp³-hybridized carbons (Fsp3) is 0.909. The van der Waals surface area contributed by atoms with Crippen molar-refractivity contribution in [1.82, 2.24) is 14.7 Å². The van der Waals surface area contributed by atoms with Crippen molar-refractivity contribution in [2.24, 2.45) is 0 Å². The van der Waals surface area contributed by atoms with Crippen LogP contribution in [0.5, 0.6) is 0 Å². The second-order valence-electron chi connectivity index (χ2n) is 4.69. The quantitative estimate of drug-likeness (QED) is 0.663. The van der Waals surface area contributed by atoms with Gasteiger partial charge in [-0.05, 0) is 27.6 Å². The minimum Gasteiger partial charge on any atom is -0.341 e. The number of rotatable bonds is 4. The lowest BCUT2D eigenvalue weighted by Gasteiger charge is -2.25. The molecule has 1 aliphatic rings. The molecule has 0 aliphatic carbocycles. The number of likely N-dealkylation sites (tertiary alicyclic amines) is 1. The second kappa shape index (κ2) is 5.47. The van der Waals surface area contributed by atoms with Crippen LogP contribution in [-0.4, -0.2) is 74.0 Å². The zero-order valence-corrected chi connectivity index (χ0v) is 10.4. The first-order valence-electron chi connectivity index (χ1n) is 5.61. The molecule has 0 aromatic carbocycles. The van der Waals surface area contributed by atoms with Gasteiger partial charge in [0.15, 0.2) is 0 Å². The minimum absolute atomic E-state index is 0.207. The predicted molar refractivity (Wildman–Crippen MR) is 61.8 cm³/mol. The zero-order chi connectivity index (χ0) is 11.4. The van der Waals surface area contributed by atoms with E-state index in [9.17, 15) is 4.79 Å². The van der Waals surface area contributed by atoms with E-state index in [1.165, 1.54) is 0 Å². The van der Waals surface area contributed by atoms with Crippen LogP contribution < -0.4 is 0 Å². The van der Waals surface area contributed by atoms with Gasteiger partial charge >= 0.3 is 0 Å². The molecule has 0 spiro atoms. The third kappa shape index (κ3) is 3.80. The van der Waals surface area contributed by atoms with E-state index in [0.717, 1.165) is 32.6 Å². The molecule has 0 unspecified atom stereocenters. The average molecular weight is 213 g/mol. The molecule has 0 aromatic rings. The third-order valence-electron chi connectivity index (χ3n) is 3.13. The van der Waals surface area contributed by atoms with Gasteiger partial charge in [-0.2, -0.15) is 0 Å². The van der Waals surface area contributed by atoms with E-state index in [1.54, 1.807) is 6.92 Å². The molecule has 4 nitrogen and oxygen atoms in total. The molecular formula is C11H23N3O. The Bertz CT molecular complexity index is 218. The monoisotopic (exact) mass is 213 g/mol. The van der Waals surface area contributed by atoms with Crippen molar-refractivity contribution in [1.29, 1.82) is 0 Å². The molecule has 0 saturated carbocycles. The van der Waals surface area contributed by atoms with E-state index in [-0.39, 0.29) is 5.91 Å². The first kappa shape index (κ1) is 12.5. The average Bonchev–Trinajstić information content (AvgIpc) is 2.62. The van der Waals surface area contributed by atoms with E-state index >= 15 is 0 Å². The second-order valence-corrected chi connectivity index (χ2v) is 4.69. The smallest absolute Gasteiger partial charge is 0.219 e. The normalized spacial score (nSPS) is 21.7. The lowest BCUT2D eigenvalue weighted by Crippen LogP contribution is -2.39. The van der Waals surface area contributed by atoms with Gasteiger partial charge in [0.05, 0.1) is 0 Å². The fourth-order valence-corrected chi connectivity index (χ4v) is 1.93. The highest BCUT2D eigenvalue weighted by Gasteiger charge is 2.26. The molecule has 1 amide bonds. The van der Waals surface area contributed by atoms with Crippen LogP contribution in [0.4, 0.5) is 0 Å². The van der Waals surface area contributed by atoms with Crippen LogP contribution in [-0.2, 0) is 4.79 Å². The molecule has 0 N–H and O–H groups in total. The van der Waals surface area contributed by atoms with Gasteiger partial charge in [0.2, 0.25) is 5.91 Å². The van der Waals surface area contributed by atoms with Crippen molar-refractivity contribution >= 4 is 5.91 Å². The summed E-state index contributed by atoms with van der Waals surface area (Å²) in [6.45, 7) is 5.63. The molecule has 15 heavy (non-hydrogen) atoms. The van der Waals surface area contributed by atoms with Gasteiger partial charge in [0.25, 0.3) is 0 Å². The van der Waals surface area contributed by atoms with Crippen molar-refractivity contribution in [3.05, 3.63) is 0 Å². The van der Waals surface area contributed by atoms with Gasteiger partial charge in [0.1, 0.15) is 0 Å². The maximum Gasteiger partial charge on any atom is 0.219 e. The summed E-state index contributed by atoms with van der Waals surface area (Å²) in [4.78, 5) is 17.7. The molecule has 1 heterocycles. The van der Waals surface area contributed by atoms with Crippen LogP contribution in [0.25, 0.3) is 0 Å². The molecule has 1 atom stereocenters. The minimum atomic E-state index is 0.207. The molecule has 0 bridgehead atoms. The first-order valence-corrected chi connectivity index (χ1v) is 5.61. The van der Waals surface area contributed by atoms with E-state index in [0.29, 0.717) is 6.04 Å². The molecule has 0 radical (unpaired) electrons. The van der Waals surface area contributed by atoms with Crippen molar-refractivity contribution < 1.29 is 4.79 Å².